The van der Waals surface area contributed by atoms with E-state index in [0.717, 1.165) is 10.5 Å². The van der Waals surface area contributed by atoms with Crippen molar-refractivity contribution < 1.29 is 8.95 Å². The molecule has 2 nitrogen and oxygen atoms in total. The smallest absolute Gasteiger partial charge is 0.168 e. The SMILES string of the molecule is Cc1ccc([S@](=O)[C@@H]2O[C@@H]2c2ccccc2)cc1. The molecule has 0 N–H and O–H groups in total. The van der Waals surface area contributed by atoms with Crippen LogP contribution in [0, 0.1) is 6.92 Å². The van der Waals surface area contributed by atoms with Crippen molar-refractivity contribution in [2.75, 3.05) is 0 Å². The van der Waals surface area contributed by atoms with Gasteiger partial charge in [-0.3, -0.25) is 4.21 Å². The maximum absolute atomic E-state index is 12.3. The van der Waals surface area contributed by atoms with Gasteiger partial charge in [0.05, 0.1) is 10.8 Å². The molecule has 3 heteroatoms. The summed E-state index contributed by atoms with van der Waals surface area (Å²) in [6.45, 7) is 2.02. The summed E-state index contributed by atoms with van der Waals surface area (Å²) in [4.78, 5) is 0.837. The van der Waals surface area contributed by atoms with Gasteiger partial charge >= 0.3 is 0 Å². The van der Waals surface area contributed by atoms with Gasteiger partial charge in [0.2, 0.25) is 0 Å². The predicted octanol–water partition coefficient (Wildman–Crippen LogP) is 3.20. The number of benzene rings is 2. The third kappa shape index (κ3) is 2.24. The second-order valence-electron chi connectivity index (χ2n) is 4.45. The molecule has 0 unspecified atom stereocenters. The third-order valence-corrected chi connectivity index (χ3v) is 4.56. The van der Waals surface area contributed by atoms with Crippen molar-refractivity contribution in [1.82, 2.24) is 0 Å². The van der Waals surface area contributed by atoms with E-state index in [0.29, 0.717) is 0 Å². The number of hydrogen-bond donors (Lipinski definition) is 0. The topological polar surface area (TPSA) is 29.6 Å². The van der Waals surface area contributed by atoms with E-state index >= 15 is 0 Å². The molecular weight excluding hydrogens is 244 g/mol. The van der Waals surface area contributed by atoms with E-state index in [-0.39, 0.29) is 11.5 Å². The first kappa shape index (κ1) is 11.6. The molecule has 3 atom stereocenters. The summed E-state index contributed by atoms with van der Waals surface area (Å²) >= 11 is 0. The summed E-state index contributed by atoms with van der Waals surface area (Å²) in [6.07, 6.45) is -0.0201. The van der Waals surface area contributed by atoms with E-state index in [1.807, 2.05) is 61.5 Å². The third-order valence-electron chi connectivity index (χ3n) is 3.04. The van der Waals surface area contributed by atoms with Crippen molar-refractivity contribution in [3.63, 3.8) is 0 Å². The lowest BCUT2D eigenvalue weighted by molar-refractivity contribution is 0.403. The van der Waals surface area contributed by atoms with Gasteiger partial charge in [0.1, 0.15) is 6.10 Å². The zero-order valence-corrected chi connectivity index (χ0v) is 10.9. The molecule has 1 heterocycles. The lowest BCUT2D eigenvalue weighted by Crippen LogP contribution is -2.00. The molecule has 2 aromatic carbocycles. The predicted molar refractivity (Wildman–Crippen MR) is 71.6 cm³/mol. The highest BCUT2D eigenvalue weighted by Gasteiger charge is 2.45. The Morgan fingerprint density at radius 3 is 2.33 bits per heavy atom. The molecule has 1 fully saturated rings. The van der Waals surface area contributed by atoms with Gasteiger partial charge in [-0.25, -0.2) is 0 Å². The number of hydrogen-bond acceptors (Lipinski definition) is 2. The van der Waals surface area contributed by atoms with E-state index < -0.39 is 10.8 Å². The van der Waals surface area contributed by atoms with Crippen LogP contribution in [0.1, 0.15) is 17.2 Å². The van der Waals surface area contributed by atoms with Crippen LogP contribution in [0.5, 0.6) is 0 Å². The first-order valence-electron chi connectivity index (χ1n) is 5.93. The zero-order valence-electron chi connectivity index (χ0n) is 10.1. The van der Waals surface area contributed by atoms with Crippen LogP contribution in [-0.2, 0) is 15.5 Å². The molecule has 18 heavy (non-hydrogen) atoms. The number of aryl methyl sites for hydroxylation is 1. The Labute approximate surface area is 109 Å². The van der Waals surface area contributed by atoms with Gasteiger partial charge in [0.15, 0.2) is 5.44 Å². The lowest BCUT2D eigenvalue weighted by atomic mass is 10.2. The van der Waals surface area contributed by atoms with Crippen molar-refractivity contribution in [1.29, 1.82) is 0 Å². The summed E-state index contributed by atoms with van der Waals surface area (Å²) in [6, 6.07) is 17.7. The molecular formula is C15H14O2S. The quantitative estimate of drug-likeness (QED) is 0.791. The van der Waals surface area contributed by atoms with Gasteiger partial charge in [0.25, 0.3) is 0 Å². The molecule has 0 bridgehead atoms. The number of ether oxygens (including phenoxy) is 1. The molecule has 2 aromatic rings. The molecule has 0 aromatic heterocycles. The maximum Gasteiger partial charge on any atom is 0.168 e. The lowest BCUT2D eigenvalue weighted by Gasteiger charge is -1.99. The van der Waals surface area contributed by atoms with Crippen molar-refractivity contribution in [3.05, 3.63) is 65.7 Å². The largest absolute Gasteiger partial charge is 0.350 e. The van der Waals surface area contributed by atoms with Crippen LogP contribution in [0.15, 0.2) is 59.5 Å². The van der Waals surface area contributed by atoms with E-state index in [1.165, 1.54) is 5.56 Å². The van der Waals surface area contributed by atoms with Crippen molar-refractivity contribution >= 4 is 10.8 Å². The highest BCUT2D eigenvalue weighted by molar-refractivity contribution is 7.85. The summed E-state index contributed by atoms with van der Waals surface area (Å²) < 4.78 is 17.8. The van der Waals surface area contributed by atoms with E-state index in [1.54, 1.807) is 0 Å². The van der Waals surface area contributed by atoms with E-state index in [9.17, 15) is 4.21 Å². The molecule has 1 saturated heterocycles. The van der Waals surface area contributed by atoms with Gasteiger partial charge in [-0.05, 0) is 24.6 Å². The van der Waals surface area contributed by atoms with Crippen molar-refractivity contribution in [2.45, 2.75) is 23.4 Å². The average Bonchev–Trinajstić information content (AvgIpc) is 3.20. The van der Waals surface area contributed by atoms with Crippen LogP contribution < -0.4 is 0 Å². The average molecular weight is 258 g/mol. The summed E-state index contributed by atoms with van der Waals surface area (Å²) in [5, 5.41) is 0. The molecule has 0 aliphatic carbocycles. The Bertz CT molecular complexity index is 563. The number of epoxide rings is 1. The van der Waals surface area contributed by atoms with Crippen LogP contribution in [0.4, 0.5) is 0 Å². The van der Waals surface area contributed by atoms with Crippen LogP contribution >= 0.6 is 0 Å². The Morgan fingerprint density at radius 2 is 1.67 bits per heavy atom. The van der Waals surface area contributed by atoms with Crippen LogP contribution in [0.2, 0.25) is 0 Å². The fourth-order valence-electron chi connectivity index (χ4n) is 1.95. The fraction of sp³-hybridized carbons (Fsp3) is 0.200. The molecule has 1 aliphatic rings. The minimum Gasteiger partial charge on any atom is -0.350 e. The minimum atomic E-state index is -1.09. The van der Waals surface area contributed by atoms with E-state index in [4.69, 9.17) is 4.74 Å². The molecule has 0 spiro atoms. The van der Waals surface area contributed by atoms with Gasteiger partial charge in [-0.2, -0.15) is 0 Å². The Hall–Kier alpha value is -1.45. The van der Waals surface area contributed by atoms with Crippen LogP contribution in [-0.4, -0.2) is 9.64 Å². The molecule has 1 aliphatic heterocycles. The van der Waals surface area contributed by atoms with Gasteiger partial charge in [-0.15, -0.1) is 0 Å². The van der Waals surface area contributed by atoms with Gasteiger partial charge in [0, 0.05) is 4.90 Å². The Morgan fingerprint density at radius 1 is 1.00 bits per heavy atom. The number of rotatable bonds is 3. The summed E-state index contributed by atoms with van der Waals surface area (Å²) in [5.74, 6) is 0. The van der Waals surface area contributed by atoms with Gasteiger partial charge in [-0.1, -0.05) is 48.0 Å². The molecule has 92 valence electrons. The van der Waals surface area contributed by atoms with Crippen molar-refractivity contribution in [2.24, 2.45) is 0 Å². The standard InChI is InChI=1S/C15H14O2S/c1-11-7-9-13(10-8-11)18(16)15-14(17-15)12-5-3-2-4-6-12/h2-10,14-15H,1H3/t14-,15+,18+/m1/s1. The zero-order chi connectivity index (χ0) is 12.5. The highest BCUT2D eigenvalue weighted by Crippen LogP contribution is 2.42. The second kappa shape index (κ2) is 4.67. The Balaban J connectivity index is 1.75. The monoisotopic (exact) mass is 258 g/mol. The van der Waals surface area contributed by atoms with Gasteiger partial charge < -0.3 is 4.74 Å². The molecule has 0 saturated carbocycles. The summed E-state index contributed by atoms with van der Waals surface area (Å²) in [5.41, 5.74) is 2.07. The highest BCUT2D eigenvalue weighted by atomic mass is 32.2. The van der Waals surface area contributed by atoms with Crippen molar-refractivity contribution in [3.8, 4) is 0 Å². The first-order valence-corrected chi connectivity index (χ1v) is 7.14. The van der Waals surface area contributed by atoms with E-state index in [2.05, 4.69) is 0 Å². The summed E-state index contributed by atoms with van der Waals surface area (Å²) in [7, 11) is -1.09. The molecule has 3 rings (SSSR count). The second-order valence-corrected chi connectivity index (χ2v) is 5.98. The van der Waals surface area contributed by atoms with Crippen LogP contribution in [0.3, 0.4) is 0 Å². The maximum atomic E-state index is 12.3. The Kier molecular flexibility index (Phi) is 3.02. The van der Waals surface area contributed by atoms with Crippen LogP contribution in [0.25, 0.3) is 0 Å². The normalized spacial score (nSPS) is 23.6. The fourth-order valence-corrected chi connectivity index (χ4v) is 3.22. The molecule has 0 amide bonds. The first-order chi connectivity index (χ1) is 8.75. The minimum absolute atomic E-state index is 0.0201. The molecule has 0 radical (unpaired) electrons.